The van der Waals surface area contributed by atoms with Crippen molar-refractivity contribution in [2.24, 2.45) is 5.92 Å². The van der Waals surface area contributed by atoms with Gasteiger partial charge in [0.25, 0.3) is 5.82 Å². The molecule has 0 radical (unpaired) electrons. The summed E-state index contributed by atoms with van der Waals surface area (Å²) in [4.78, 5) is 8.75. The van der Waals surface area contributed by atoms with Gasteiger partial charge in [0, 0.05) is 18.7 Å². The highest BCUT2D eigenvalue weighted by Crippen LogP contribution is 2.32. The number of hydrogen-bond acceptors (Lipinski definition) is 6. The summed E-state index contributed by atoms with van der Waals surface area (Å²) in [5, 5.41) is 13.4. The Morgan fingerprint density at radius 3 is 2.77 bits per heavy atom. The van der Waals surface area contributed by atoms with E-state index in [4.69, 9.17) is 9.94 Å². The van der Waals surface area contributed by atoms with Gasteiger partial charge in [-0.15, -0.1) is 0 Å². The van der Waals surface area contributed by atoms with Gasteiger partial charge in [0.2, 0.25) is 0 Å². The molecule has 0 atom stereocenters. The highest BCUT2D eigenvalue weighted by molar-refractivity contribution is 7.22. The Kier molecular flexibility index (Phi) is 5.29. The Morgan fingerprint density at radius 2 is 2.00 bits per heavy atom. The maximum atomic E-state index is 8.93. The fourth-order valence-electron chi connectivity index (χ4n) is 3.33. The third-order valence-corrected chi connectivity index (χ3v) is 5.73. The van der Waals surface area contributed by atoms with Crippen molar-refractivity contribution in [2.75, 3.05) is 11.9 Å². The molecule has 1 saturated carbocycles. The van der Waals surface area contributed by atoms with E-state index in [9.17, 15) is 0 Å². The van der Waals surface area contributed by atoms with Crippen molar-refractivity contribution in [3.63, 3.8) is 0 Å². The zero-order valence-corrected chi connectivity index (χ0v) is 15.3. The molecule has 136 valence electrons. The normalized spacial score (nSPS) is 15.3. The van der Waals surface area contributed by atoms with Crippen LogP contribution in [0.1, 0.15) is 32.1 Å². The summed E-state index contributed by atoms with van der Waals surface area (Å²) in [7, 11) is 0. The highest BCUT2D eigenvalue weighted by atomic mass is 32.1. The molecule has 3 aromatic rings. The molecule has 1 aromatic carbocycles. The zero-order chi connectivity index (χ0) is 17.8. The van der Waals surface area contributed by atoms with Gasteiger partial charge in [-0.3, -0.25) is 0 Å². The van der Waals surface area contributed by atoms with Crippen LogP contribution in [-0.2, 0) is 0 Å². The van der Waals surface area contributed by atoms with Crippen molar-refractivity contribution < 1.29 is 15.4 Å². The molecule has 0 saturated heterocycles. The van der Waals surface area contributed by atoms with Gasteiger partial charge >= 0.3 is 0 Å². The summed E-state index contributed by atoms with van der Waals surface area (Å²) >= 11 is 1.66. The topological polar surface area (TPSA) is 83.9 Å². The molecule has 26 heavy (non-hydrogen) atoms. The zero-order valence-electron chi connectivity index (χ0n) is 14.5. The average Bonchev–Trinajstić information content (AvgIpc) is 3.10. The Labute approximate surface area is 156 Å². The molecular weight excluding hydrogens is 348 g/mol. The predicted octanol–water partition coefficient (Wildman–Crippen LogP) is 4.06. The fourth-order valence-corrected chi connectivity index (χ4v) is 4.23. The van der Waals surface area contributed by atoms with Gasteiger partial charge in [0.15, 0.2) is 5.13 Å². The molecule has 1 aliphatic carbocycles. The van der Waals surface area contributed by atoms with E-state index in [0.29, 0.717) is 11.6 Å². The summed E-state index contributed by atoms with van der Waals surface area (Å²) in [5.74, 6) is 2.67. The first-order valence-corrected chi connectivity index (χ1v) is 9.87. The fraction of sp³-hybridized carbons (Fsp3) is 0.368. The maximum Gasteiger partial charge on any atom is 0.257 e. The SMILES string of the molecule is O[NH2+]c1ccc(Oc2ccc3nc(NCC4CCCCC4)sc3c2)cn1. The van der Waals surface area contributed by atoms with Crippen LogP contribution < -0.4 is 15.5 Å². The molecule has 2 aromatic heterocycles. The van der Waals surface area contributed by atoms with Gasteiger partial charge in [-0.1, -0.05) is 30.6 Å². The number of rotatable bonds is 6. The van der Waals surface area contributed by atoms with Crippen LogP contribution in [0.4, 0.5) is 10.9 Å². The third kappa shape index (κ3) is 4.12. The van der Waals surface area contributed by atoms with Crippen LogP contribution in [0.3, 0.4) is 0 Å². The second kappa shape index (κ2) is 7.99. The summed E-state index contributed by atoms with van der Waals surface area (Å²) in [6.45, 7) is 1.02. The van der Waals surface area contributed by atoms with Gasteiger partial charge in [0.1, 0.15) is 11.5 Å². The molecular formula is C19H23N4O2S+. The predicted molar refractivity (Wildman–Crippen MR) is 102 cm³/mol. The van der Waals surface area contributed by atoms with Crippen LogP contribution in [-0.4, -0.2) is 21.7 Å². The number of quaternary nitrogens is 1. The first-order chi connectivity index (χ1) is 12.8. The lowest BCUT2D eigenvalue weighted by molar-refractivity contribution is -0.828. The van der Waals surface area contributed by atoms with Crippen LogP contribution in [0.2, 0.25) is 0 Å². The smallest absolute Gasteiger partial charge is 0.257 e. The van der Waals surface area contributed by atoms with Crippen molar-refractivity contribution in [3.8, 4) is 11.5 Å². The van der Waals surface area contributed by atoms with Gasteiger partial charge in [0.05, 0.1) is 16.4 Å². The summed E-state index contributed by atoms with van der Waals surface area (Å²) in [5.41, 5.74) is 1.95. The molecule has 0 unspecified atom stereocenters. The first-order valence-electron chi connectivity index (χ1n) is 9.06. The van der Waals surface area contributed by atoms with E-state index in [0.717, 1.165) is 39.0 Å². The molecule has 6 nitrogen and oxygen atoms in total. The van der Waals surface area contributed by atoms with E-state index in [1.54, 1.807) is 29.7 Å². The Hall–Kier alpha value is -2.22. The van der Waals surface area contributed by atoms with Crippen LogP contribution in [0.5, 0.6) is 11.5 Å². The molecule has 4 N–H and O–H groups in total. The minimum absolute atomic E-state index is 0.504. The number of nitrogens with one attached hydrogen (secondary N) is 1. The number of anilines is 1. The molecule has 1 aliphatic rings. The Balaban J connectivity index is 1.42. The van der Waals surface area contributed by atoms with Crippen molar-refractivity contribution >= 4 is 32.5 Å². The monoisotopic (exact) mass is 371 g/mol. The Morgan fingerprint density at radius 1 is 1.15 bits per heavy atom. The van der Waals surface area contributed by atoms with Crippen LogP contribution in [0, 0.1) is 5.92 Å². The number of thiazole rings is 1. The molecule has 7 heteroatoms. The van der Waals surface area contributed by atoms with E-state index >= 15 is 0 Å². The standard InChI is InChI=1S/C19H22N4O2S/c24-23-18-9-7-15(12-20-18)25-14-6-8-16-17(10-14)26-19(22-16)21-11-13-4-2-1-3-5-13/h6-10,12-13,24H,1-5,11H2,(H,20,23)(H,21,22)/p+1. The first kappa shape index (κ1) is 17.2. The number of fused-ring (bicyclic) bond motifs is 1. The molecule has 0 spiro atoms. The van der Waals surface area contributed by atoms with Gasteiger partial charge in [-0.2, -0.15) is 10.5 Å². The van der Waals surface area contributed by atoms with Gasteiger partial charge in [-0.05, 0) is 37.0 Å². The number of pyridine rings is 1. The number of hydrogen-bond donors (Lipinski definition) is 3. The van der Waals surface area contributed by atoms with Crippen LogP contribution >= 0.6 is 11.3 Å². The summed E-state index contributed by atoms with van der Waals surface area (Å²) < 4.78 is 6.95. The quantitative estimate of drug-likeness (QED) is 0.569. The molecule has 1 fully saturated rings. The van der Waals surface area contributed by atoms with Crippen molar-refractivity contribution in [3.05, 3.63) is 36.5 Å². The van der Waals surface area contributed by atoms with Crippen molar-refractivity contribution in [1.29, 1.82) is 0 Å². The van der Waals surface area contributed by atoms with E-state index in [-0.39, 0.29) is 0 Å². The highest BCUT2D eigenvalue weighted by Gasteiger charge is 2.14. The third-order valence-electron chi connectivity index (χ3n) is 4.75. The largest absolute Gasteiger partial charge is 0.456 e. The van der Waals surface area contributed by atoms with Crippen LogP contribution in [0.25, 0.3) is 10.2 Å². The number of aromatic nitrogens is 2. The second-order valence-electron chi connectivity index (χ2n) is 6.68. The van der Waals surface area contributed by atoms with E-state index in [2.05, 4.69) is 15.3 Å². The van der Waals surface area contributed by atoms with Gasteiger partial charge in [-0.25, -0.2) is 10.2 Å². The number of nitrogens with zero attached hydrogens (tertiary/aromatic N) is 2. The van der Waals surface area contributed by atoms with Crippen molar-refractivity contribution in [2.45, 2.75) is 32.1 Å². The minimum Gasteiger partial charge on any atom is -0.456 e. The molecule has 0 bridgehead atoms. The molecule has 0 aliphatic heterocycles. The molecule has 4 rings (SSSR count). The maximum absolute atomic E-state index is 8.93. The molecule has 2 heterocycles. The van der Waals surface area contributed by atoms with E-state index < -0.39 is 0 Å². The van der Waals surface area contributed by atoms with Crippen molar-refractivity contribution in [1.82, 2.24) is 9.97 Å². The average molecular weight is 371 g/mol. The lowest BCUT2D eigenvalue weighted by Gasteiger charge is -2.21. The number of benzene rings is 1. The lowest BCUT2D eigenvalue weighted by Crippen LogP contribution is -2.74. The van der Waals surface area contributed by atoms with E-state index in [1.165, 1.54) is 32.1 Å². The van der Waals surface area contributed by atoms with Gasteiger partial charge < -0.3 is 10.1 Å². The Bertz CT molecular complexity index is 860. The number of ether oxygens (including phenoxy) is 1. The summed E-state index contributed by atoms with van der Waals surface area (Å²) in [6.07, 6.45) is 8.36. The minimum atomic E-state index is 0.504. The number of nitrogens with two attached hydrogens (primary N) is 1. The van der Waals surface area contributed by atoms with Crippen LogP contribution in [0.15, 0.2) is 36.5 Å². The summed E-state index contributed by atoms with van der Waals surface area (Å²) in [6, 6.07) is 9.39. The van der Waals surface area contributed by atoms with E-state index in [1.807, 2.05) is 18.2 Å². The molecule has 0 amide bonds. The second-order valence-corrected chi connectivity index (χ2v) is 7.71. The lowest BCUT2D eigenvalue weighted by atomic mass is 9.89.